The molecule has 0 heterocycles. The van der Waals surface area contributed by atoms with Crippen LogP contribution in [0.25, 0.3) is 0 Å². The van der Waals surface area contributed by atoms with Crippen LogP contribution in [0, 0.1) is 3.57 Å². The van der Waals surface area contributed by atoms with Crippen molar-refractivity contribution in [3.05, 3.63) is 68.5 Å². The first-order valence-electron chi connectivity index (χ1n) is 9.88. The average molecular weight is 524 g/mol. The quantitative estimate of drug-likeness (QED) is 0.285. The second-order valence-corrected chi connectivity index (χ2v) is 8.16. The van der Waals surface area contributed by atoms with Gasteiger partial charge in [-0.05, 0) is 76.1 Å². The van der Waals surface area contributed by atoms with Crippen LogP contribution < -0.4 is 9.47 Å². The lowest BCUT2D eigenvalue weighted by Gasteiger charge is -2.13. The summed E-state index contributed by atoms with van der Waals surface area (Å²) in [5.41, 5.74) is 5.77. The van der Waals surface area contributed by atoms with Crippen molar-refractivity contribution < 1.29 is 24.8 Å². The number of aromatic hydroxyl groups is 1. The molecule has 6 heteroatoms. The normalized spacial score (nSPS) is 12.6. The second-order valence-electron chi connectivity index (χ2n) is 7.00. The number of ether oxygens (including phenoxy) is 2. The first-order chi connectivity index (χ1) is 14.4. The highest BCUT2D eigenvalue weighted by atomic mass is 127. The Hall–Kier alpha value is -1.99. The molecule has 0 aromatic heterocycles. The van der Waals surface area contributed by atoms with Crippen LogP contribution >= 0.6 is 22.6 Å². The summed E-state index contributed by atoms with van der Waals surface area (Å²) in [4.78, 5) is 0. The van der Waals surface area contributed by atoms with Gasteiger partial charge >= 0.3 is 0 Å². The monoisotopic (exact) mass is 524 g/mol. The second kappa shape index (κ2) is 12.0. The molecule has 0 saturated carbocycles. The average Bonchev–Trinajstić information content (AvgIpc) is 2.75. The van der Waals surface area contributed by atoms with Crippen molar-refractivity contribution in [2.45, 2.75) is 44.8 Å². The number of hydrogen-bond donors (Lipinski definition) is 3. The van der Waals surface area contributed by atoms with E-state index < -0.39 is 12.2 Å². The van der Waals surface area contributed by atoms with Gasteiger partial charge in [-0.2, -0.15) is 0 Å². The van der Waals surface area contributed by atoms with Crippen molar-refractivity contribution in [1.29, 1.82) is 0 Å². The molecule has 3 N–H and O–H groups in total. The SMILES string of the molecule is CCCC(=C=CC[C@@H](O)c1cc(I)c(O)c(OC)c1)C[C@@H](O)c1ccc(OC)cc1. The third-order valence-corrected chi connectivity index (χ3v) is 5.62. The number of aliphatic hydroxyl groups is 2. The smallest absolute Gasteiger partial charge is 0.171 e. The topological polar surface area (TPSA) is 79.2 Å². The molecule has 0 aliphatic heterocycles. The maximum Gasteiger partial charge on any atom is 0.171 e. The van der Waals surface area contributed by atoms with Gasteiger partial charge in [0.15, 0.2) is 11.5 Å². The molecule has 2 aromatic rings. The maximum atomic E-state index is 10.6. The molecule has 0 radical (unpaired) electrons. The molecule has 2 atom stereocenters. The first-order valence-corrected chi connectivity index (χ1v) is 11.0. The Morgan fingerprint density at radius 3 is 2.37 bits per heavy atom. The molecule has 0 aliphatic rings. The Labute approximate surface area is 191 Å². The van der Waals surface area contributed by atoms with Crippen LogP contribution in [0.15, 0.2) is 53.8 Å². The van der Waals surface area contributed by atoms with Gasteiger partial charge in [0, 0.05) is 12.8 Å². The molecule has 0 bridgehead atoms. The van der Waals surface area contributed by atoms with E-state index in [1.54, 1.807) is 19.2 Å². The van der Waals surface area contributed by atoms with E-state index in [9.17, 15) is 15.3 Å². The van der Waals surface area contributed by atoms with E-state index >= 15 is 0 Å². The molecule has 162 valence electrons. The molecule has 2 aromatic carbocycles. The predicted molar refractivity (Wildman–Crippen MR) is 126 cm³/mol. The predicted octanol–water partition coefficient (Wildman–Crippen LogP) is 5.44. The minimum atomic E-state index is -0.741. The molecular weight excluding hydrogens is 495 g/mol. The third kappa shape index (κ3) is 6.77. The summed E-state index contributed by atoms with van der Waals surface area (Å²) in [5, 5.41) is 31.1. The number of aliphatic hydroxyl groups excluding tert-OH is 2. The number of phenols is 1. The fourth-order valence-electron chi connectivity index (χ4n) is 3.10. The van der Waals surface area contributed by atoms with Gasteiger partial charge in [0.05, 0.1) is 30.0 Å². The number of hydrogen-bond acceptors (Lipinski definition) is 5. The molecule has 30 heavy (non-hydrogen) atoms. The zero-order valence-corrected chi connectivity index (χ0v) is 19.7. The van der Waals surface area contributed by atoms with Crippen LogP contribution in [-0.2, 0) is 0 Å². The van der Waals surface area contributed by atoms with E-state index in [1.807, 2.05) is 52.9 Å². The van der Waals surface area contributed by atoms with Crippen molar-refractivity contribution in [3.63, 3.8) is 0 Å². The summed E-state index contributed by atoms with van der Waals surface area (Å²) >= 11 is 2.01. The van der Waals surface area contributed by atoms with E-state index in [0.717, 1.165) is 29.7 Å². The van der Waals surface area contributed by atoms with Crippen LogP contribution in [0.4, 0.5) is 0 Å². The van der Waals surface area contributed by atoms with Crippen molar-refractivity contribution in [1.82, 2.24) is 0 Å². The number of benzene rings is 2. The van der Waals surface area contributed by atoms with Crippen molar-refractivity contribution in [2.75, 3.05) is 14.2 Å². The summed E-state index contributed by atoms with van der Waals surface area (Å²) in [7, 11) is 3.09. The Kier molecular flexibility index (Phi) is 9.72. The Balaban J connectivity index is 2.11. The van der Waals surface area contributed by atoms with Crippen molar-refractivity contribution in [3.8, 4) is 17.2 Å². The van der Waals surface area contributed by atoms with Crippen molar-refractivity contribution in [2.24, 2.45) is 0 Å². The lowest BCUT2D eigenvalue weighted by Crippen LogP contribution is -2.00. The molecule has 0 saturated heterocycles. The van der Waals surface area contributed by atoms with Crippen LogP contribution in [0.5, 0.6) is 17.2 Å². The number of methoxy groups -OCH3 is 2. The van der Waals surface area contributed by atoms with Gasteiger partial charge < -0.3 is 24.8 Å². The molecule has 0 unspecified atom stereocenters. The molecular formula is C24H29IO5. The lowest BCUT2D eigenvalue weighted by molar-refractivity contribution is 0.177. The fraction of sp³-hybridized carbons (Fsp3) is 0.375. The van der Waals surface area contributed by atoms with E-state index in [1.165, 1.54) is 7.11 Å². The van der Waals surface area contributed by atoms with Gasteiger partial charge in [-0.25, -0.2) is 0 Å². The molecule has 5 nitrogen and oxygen atoms in total. The Morgan fingerprint density at radius 2 is 1.77 bits per heavy atom. The summed E-state index contributed by atoms with van der Waals surface area (Å²) in [6.45, 7) is 2.08. The number of halogens is 1. The van der Waals surface area contributed by atoms with Crippen molar-refractivity contribution >= 4 is 22.6 Å². The minimum absolute atomic E-state index is 0.0715. The largest absolute Gasteiger partial charge is 0.504 e. The maximum absolute atomic E-state index is 10.6. The minimum Gasteiger partial charge on any atom is -0.504 e. The lowest BCUT2D eigenvalue weighted by atomic mass is 9.98. The van der Waals surface area contributed by atoms with Crippen LogP contribution in [0.3, 0.4) is 0 Å². The van der Waals surface area contributed by atoms with Gasteiger partial charge in [0.2, 0.25) is 0 Å². The van der Waals surface area contributed by atoms with Gasteiger partial charge in [-0.15, -0.1) is 5.73 Å². The van der Waals surface area contributed by atoms with E-state index in [0.29, 0.717) is 27.7 Å². The highest BCUT2D eigenvalue weighted by molar-refractivity contribution is 14.1. The standard InChI is InChI=1S/C24H29IO5/c1-4-6-16(13-22(27)17-9-11-19(29-2)12-10-17)7-5-8-21(26)18-14-20(25)24(28)23(15-18)30-3/h5,9-12,14-15,21-22,26-28H,4,6,8,13H2,1-3H3/t7?,21-,22-/m1/s1. The third-order valence-electron chi connectivity index (χ3n) is 4.79. The fourth-order valence-corrected chi connectivity index (χ4v) is 3.73. The van der Waals surface area contributed by atoms with E-state index in [2.05, 4.69) is 12.7 Å². The van der Waals surface area contributed by atoms with Gasteiger partial charge in [0.1, 0.15) is 5.75 Å². The summed E-state index contributed by atoms with van der Waals surface area (Å²) in [5.74, 6) is 1.16. The summed E-state index contributed by atoms with van der Waals surface area (Å²) in [6.07, 6.45) is 3.07. The molecule has 0 spiro atoms. The van der Waals surface area contributed by atoms with Gasteiger partial charge in [-0.3, -0.25) is 0 Å². The van der Waals surface area contributed by atoms with Crippen LogP contribution in [0.1, 0.15) is 55.9 Å². The van der Waals surface area contributed by atoms with Crippen LogP contribution in [-0.4, -0.2) is 29.5 Å². The number of rotatable bonds is 10. The number of phenolic OH excluding ortho intramolecular Hbond substituents is 1. The molecule has 0 aliphatic carbocycles. The Morgan fingerprint density at radius 1 is 1.07 bits per heavy atom. The Bertz CT molecular complexity index is 885. The van der Waals surface area contributed by atoms with Crippen LogP contribution in [0.2, 0.25) is 0 Å². The van der Waals surface area contributed by atoms with Gasteiger partial charge in [-0.1, -0.05) is 25.5 Å². The van der Waals surface area contributed by atoms with E-state index in [-0.39, 0.29) is 5.75 Å². The highest BCUT2D eigenvalue weighted by Gasteiger charge is 2.14. The molecule has 0 fully saturated rings. The summed E-state index contributed by atoms with van der Waals surface area (Å²) < 4.78 is 10.9. The zero-order valence-electron chi connectivity index (χ0n) is 17.6. The highest BCUT2D eigenvalue weighted by Crippen LogP contribution is 2.35. The summed E-state index contributed by atoms with van der Waals surface area (Å²) in [6, 6.07) is 10.8. The first kappa shape index (κ1) is 24.3. The molecule has 0 amide bonds. The molecule has 2 rings (SSSR count). The zero-order chi connectivity index (χ0) is 22.1. The van der Waals surface area contributed by atoms with Gasteiger partial charge in [0.25, 0.3) is 0 Å². The van der Waals surface area contributed by atoms with E-state index in [4.69, 9.17) is 9.47 Å².